The van der Waals surface area contributed by atoms with E-state index in [9.17, 15) is 26.3 Å². The lowest BCUT2D eigenvalue weighted by Gasteiger charge is -2.37. The van der Waals surface area contributed by atoms with Crippen LogP contribution in [0.1, 0.15) is 76.5 Å². The zero-order valence-electron chi connectivity index (χ0n) is 53.1. The summed E-state index contributed by atoms with van der Waals surface area (Å²) in [5.41, 5.74) is -3.66. The van der Waals surface area contributed by atoms with Crippen LogP contribution in [-0.4, -0.2) is 157 Å². The van der Waals surface area contributed by atoms with Gasteiger partial charge in [0.25, 0.3) is 23.6 Å². The van der Waals surface area contributed by atoms with Crippen LogP contribution in [0.15, 0.2) is 121 Å². The van der Waals surface area contributed by atoms with Gasteiger partial charge < -0.3 is 47.7 Å². The third-order valence-corrected chi connectivity index (χ3v) is 18.2. The van der Waals surface area contributed by atoms with Crippen molar-refractivity contribution in [2.24, 2.45) is 0 Å². The molecule has 4 fully saturated rings. The Morgan fingerprint density at radius 2 is 0.627 bits per heavy atom. The molecular formula is C72H52F12N4O14. The lowest BCUT2D eigenvalue weighted by atomic mass is 9.80. The molecule has 4 saturated heterocycles. The second-order valence-electron chi connectivity index (χ2n) is 25.7. The fourth-order valence-electron chi connectivity index (χ4n) is 13.2. The molecule has 6 amide bonds. The summed E-state index contributed by atoms with van der Waals surface area (Å²) in [5.74, 6) is -12.0. The number of imide groups is 2. The summed E-state index contributed by atoms with van der Waals surface area (Å²) in [6.45, 7) is 2.76. The van der Waals surface area contributed by atoms with Crippen LogP contribution in [0.2, 0.25) is 0 Å². The smallest absolute Gasteiger partial charge is 0.416 e. The molecule has 18 nitrogen and oxygen atoms in total. The largest absolute Gasteiger partial charge is 0.457 e. The average molecular weight is 1430 g/mol. The Bertz CT molecular complexity index is 4600. The summed E-state index contributed by atoms with van der Waals surface area (Å²) < 4.78 is 226. The highest BCUT2D eigenvalue weighted by atomic mass is 19.4. The summed E-state index contributed by atoms with van der Waals surface area (Å²) in [5, 5.41) is -2.90. The molecule has 0 aliphatic carbocycles. The first-order chi connectivity index (χ1) is 48.3. The lowest BCUT2D eigenvalue weighted by molar-refractivity contribution is -0.159. The van der Waals surface area contributed by atoms with E-state index in [0.29, 0.717) is 35.4 Å². The van der Waals surface area contributed by atoms with Crippen LogP contribution in [0.5, 0.6) is 46.0 Å². The molecule has 0 saturated carbocycles. The van der Waals surface area contributed by atoms with Crippen molar-refractivity contribution in [3.05, 3.63) is 166 Å². The third-order valence-electron chi connectivity index (χ3n) is 18.2. The maximum atomic E-state index is 16.0. The van der Waals surface area contributed by atoms with E-state index in [2.05, 4.69) is 0 Å². The quantitative estimate of drug-likeness (QED) is 0.0204. The Balaban J connectivity index is 1.08. The van der Waals surface area contributed by atoms with E-state index in [-0.39, 0.29) is 95.5 Å². The monoisotopic (exact) mass is 1420 g/mol. The summed E-state index contributed by atoms with van der Waals surface area (Å²) in [4.78, 5) is 96.2. The van der Waals surface area contributed by atoms with Crippen LogP contribution in [0.3, 0.4) is 0 Å². The number of benzene rings is 9. The first kappa shape index (κ1) is 67.5. The number of amides is 6. The van der Waals surface area contributed by atoms with Gasteiger partial charge in [0, 0.05) is 69.3 Å². The van der Waals surface area contributed by atoms with E-state index in [1.165, 1.54) is 24.3 Å². The van der Waals surface area contributed by atoms with Gasteiger partial charge in [0.05, 0.1) is 97.1 Å². The second-order valence-corrected chi connectivity index (χ2v) is 25.7. The van der Waals surface area contributed by atoms with Crippen molar-refractivity contribution in [3.8, 4) is 46.0 Å². The molecule has 0 radical (unpaired) electrons. The molecule has 9 aromatic rings. The molecule has 0 spiro atoms. The number of hydrogen-bond acceptors (Lipinski definition) is 14. The highest BCUT2D eigenvalue weighted by Crippen LogP contribution is 2.59. The van der Waals surface area contributed by atoms with Gasteiger partial charge >= 0.3 is 24.7 Å². The Morgan fingerprint density at radius 1 is 0.392 bits per heavy atom. The average Bonchev–Trinajstić information content (AvgIpc) is 0.937. The van der Waals surface area contributed by atoms with E-state index in [1.807, 2.05) is 0 Å². The number of fused-ring (bicyclic) bond motifs is 2. The van der Waals surface area contributed by atoms with Crippen molar-refractivity contribution in [3.63, 3.8) is 0 Å². The number of ether oxygens (including phenoxy) is 8. The van der Waals surface area contributed by atoms with Crippen LogP contribution in [0.25, 0.3) is 43.1 Å². The Hall–Kier alpha value is -10.3. The van der Waals surface area contributed by atoms with Crippen molar-refractivity contribution in [2.45, 2.75) is 87.9 Å². The number of rotatable bonds is 22. The molecule has 9 aromatic carbocycles. The number of halogens is 12. The number of carbonyl (C=O) groups excluding carboxylic acids is 6. The van der Waals surface area contributed by atoms with Crippen molar-refractivity contribution in [1.82, 2.24) is 19.6 Å². The molecule has 6 heterocycles. The molecule has 102 heavy (non-hydrogen) atoms. The minimum absolute atomic E-state index is 0.0263. The maximum Gasteiger partial charge on any atom is 0.416 e. The van der Waals surface area contributed by atoms with Gasteiger partial charge in [0.15, 0.2) is 0 Å². The van der Waals surface area contributed by atoms with Gasteiger partial charge in [-0.05, 0) is 111 Å². The number of carbonyl (C=O) groups is 6. The molecule has 0 N–H and O–H groups in total. The summed E-state index contributed by atoms with van der Waals surface area (Å²) in [7, 11) is 0. The standard InChI is InChI=1S/C72H52F12N4O14/c1-33-3-11-37(12-4-33)99-51-19-45-55-47(65(91)87(63(45)89)49(23-69(73,74)75)67(93)85(25-41-29-95-41)26-42-30-96-42)21-53(101-39-15-7-35(8-16-39)71(79,80)81)59-60-54(102-40-17-9-36(10-18-40)72(82,83)84)22-48-56-46(20-52(58(62(56)60)57(51)61(55)59)100-38-13-5-34(2)6-14-38)64(90)88(66(48)92)50(24-70(76,77)78)68(94)86(27-43-31-97-43)28-44-32-98-44/h3-22,41-44,49-50H,23-32H2,1-2H3. The normalized spacial score (nSPS) is 19.2. The van der Waals surface area contributed by atoms with Gasteiger partial charge in [-0.25, -0.2) is 0 Å². The third kappa shape index (κ3) is 13.1. The Kier molecular flexibility index (Phi) is 16.4. The topological polar surface area (TPSA) is 202 Å². The lowest BCUT2D eigenvalue weighted by Crippen LogP contribution is -2.57. The fraction of sp³-hybridized carbons (Fsp3) is 0.306. The number of alkyl halides is 12. The highest BCUT2D eigenvalue weighted by Gasteiger charge is 2.53. The van der Waals surface area contributed by atoms with Gasteiger partial charge in [-0.1, -0.05) is 35.4 Å². The van der Waals surface area contributed by atoms with E-state index in [0.717, 1.165) is 58.3 Å². The molecule has 6 aliphatic heterocycles. The van der Waals surface area contributed by atoms with Gasteiger partial charge in [-0.3, -0.25) is 38.6 Å². The maximum absolute atomic E-state index is 16.0. The molecule has 6 unspecified atom stereocenters. The van der Waals surface area contributed by atoms with Crippen LogP contribution >= 0.6 is 0 Å². The zero-order chi connectivity index (χ0) is 72.0. The predicted molar refractivity (Wildman–Crippen MR) is 335 cm³/mol. The van der Waals surface area contributed by atoms with Crippen molar-refractivity contribution in [2.75, 3.05) is 52.6 Å². The minimum Gasteiger partial charge on any atom is -0.457 e. The van der Waals surface area contributed by atoms with Crippen molar-refractivity contribution in [1.29, 1.82) is 0 Å². The predicted octanol–water partition coefficient (Wildman–Crippen LogP) is 14.6. The number of epoxide rings is 4. The van der Waals surface area contributed by atoms with Crippen LogP contribution < -0.4 is 18.9 Å². The van der Waals surface area contributed by atoms with Crippen LogP contribution in [0, 0.1) is 13.8 Å². The first-order valence-corrected chi connectivity index (χ1v) is 31.8. The van der Waals surface area contributed by atoms with E-state index >= 15 is 55.1 Å². The van der Waals surface area contributed by atoms with E-state index in [1.54, 1.807) is 38.1 Å². The molecule has 6 aliphatic rings. The van der Waals surface area contributed by atoms with Gasteiger partial charge in [-0.2, -0.15) is 52.7 Å². The summed E-state index contributed by atoms with van der Waals surface area (Å²) >= 11 is 0. The van der Waals surface area contributed by atoms with Crippen LogP contribution in [-0.2, 0) is 40.9 Å². The summed E-state index contributed by atoms with van der Waals surface area (Å²) in [6.07, 6.45) is -27.2. The molecule has 6 atom stereocenters. The number of aryl methyl sites for hydroxylation is 2. The molecular weight excluding hydrogens is 1370 g/mol. The molecule has 15 rings (SSSR count). The SMILES string of the molecule is Cc1ccc(Oc2cc3c4c(cc(Oc5ccc(C(F)(F)F)cc5)c5c6c(Oc7ccc(C(F)(F)F)cc7)cc7c8c(cc(Oc9ccc(C)cc9)c(c2c45)c86)C(=O)N(C(CC(F)(F)F)C(=O)N(CC2CO2)CC2CO2)C7=O)C(=O)N(C(CC(F)(F)F)C(=O)N(CC2CO2)CC2CO2)C3=O)cc1. The zero-order valence-corrected chi connectivity index (χ0v) is 53.1. The highest BCUT2D eigenvalue weighted by molar-refractivity contribution is 6.45. The number of nitrogens with zero attached hydrogens (tertiary/aromatic N) is 4. The second kappa shape index (κ2) is 24.8. The van der Waals surface area contributed by atoms with Gasteiger partial charge in [0.1, 0.15) is 58.1 Å². The van der Waals surface area contributed by atoms with Crippen molar-refractivity contribution < 1.29 is 119 Å². The van der Waals surface area contributed by atoms with Crippen molar-refractivity contribution >= 4 is 78.5 Å². The van der Waals surface area contributed by atoms with Gasteiger partial charge in [0.2, 0.25) is 11.8 Å². The number of hydrogen-bond donors (Lipinski definition) is 0. The van der Waals surface area contributed by atoms with E-state index < -0.39 is 199 Å². The molecule has 0 aromatic heterocycles. The molecule has 30 heteroatoms. The molecule has 0 bridgehead atoms. The Labute approximate surface area is 567 Å². The summed E-state index contributed by atoms with van der Waals surface area (Å²) in [6, 6.07) is 16.7. The van der Waals surface area contributed by atoms with E-state index in [4.69, 9.17) is 37.9 Å². The molecule has 528 valence electrons. The van der Waals surface area contributed by atoms with Crippen LogP contribution in [0.4, 0.5) is 52.7 Å². The Morgan fingerprint density at radius 3 is 0.843 bits per heavy atom. The fourth-order valence-corrected chi connectivity index (χ4v) is 13.2. The van der Waals surface area contributed by atoms with Gasteiger partial charge in [-0.15, -0.1) is 0 Å². The first-order valence-electron chi connectivity index (χ1n) is 31.8. The minimum atomic E-state index is -5.29.